The van der Waals surface area contributed by atoms with Crippen LogP contribution in [0.3, 0.4) is 0 Å². The Morgan fingerprint density at radius 3 is 2.79 bits per heavy atom. The zero-order valence-corrected chi connectivity index (χ0v) is 11.4. The molecule has 3 heterocycles. The third kappa shape index (κ3) is 2.11. The summed E-state index contributed by atoms with van der Waals surface area (Å²) in [7, 11) is 1.55. The predicted molar refractivity (Wildman–Crippen MR) is 72.8 cm³/mol. The van der Waals surface area contributed by atoms with Crippen LogP contribution in [0.25, 0.3) is 16.9 Å². The summed E-state index contributed by atoms with van der Waals surface area (Å²) in [6, 6.07) is 5.21. The van der Waals surface area contributed by atoms with Crippen LogP contribution in [0, 0.1) is 0 Å². The standard InChI is InChI=1S/C12H8Cl2N4O/c1-19-12-8(4-7(13)5-16-12)9-6-15-11-3-2-10(14)17-18(9)11/h2-6H,1H3. The Balaban J connectivity index is 2.29. The van der Waals surface area contributed by atoms with Crippen LogP contribution in [-0.2, 0) is 0 Å². The average molecular weight is 295 g/mol. The summed E-state index contributed by atoms with van der Waals surface area (Å²) in [6.45, 7) is 0. The van der Waals surface area contributed by atoms with Gasteiger partial charge in [-0.05, 0) is 18.2 Å². The van der Waals surface area contributed by atoms with Crippen molar-refractivity contribution in [3.8, 4) is 17.1 Å². The molecule has 0 saturated carbocycles. The highest BCUT2D eigenvalue weighted by molar-refractivity contribution is 6.30. The van der Waals surface area contributed by atoms with Crippen molar-refractivity contribution in [3.63, 3.8) is 0 Å². The SMILES string of the molecule is COc1ncc(Cl)cc1-c1cnc2ccc(Cl)nn12. The Labute approximate surface area is 118 Å². The van der Waals surface area contributed by atoms with Gasteiger partial charge in [0.05, 0.1) is 29.6 Å². The van der Waals surface area contributed by atoms with Gasteiger partial charge in [0.15, 0.2) is 5.65 Å². The van der Waals surface area contributed by atoms with Crippen molar-refractivity contribution in [1.29, 1.82) is 0 Å². The second-order valence-electron chi connectivity index (χ2n) is 3.78. The van der Waals surface area contributed by atoms with Gasteiger partial charge in [0.25, 0.3) is 0 Å². The molecule has 19 heavy (non-hydrogen) atoms. The Morgan fingerprint density at radius 1 is 1.16 bits per heavy atom. The highest BCUT2D eigenvalue weighted by Gasteiger charge is 2.14. The average Bonchev–Trinajstić information content (AvgIpc) is 2.81. The van der Waals surface area contributed by atoms with Gasteiger partial charge in [0.2, 0.25) is 5.88 Å². The summed E-state index contributed by atoms with van der Waals surface area (Å²) in [5.74, 6) is 0.452. The number of imidazole rings is 1. The lowest BCUT2D eigenvalue weighted by atomic mass is 10.2. The fourth-order valence-corrected chi connectivity index (χ4v) is 2.10. The minimum atomic E-state index is 0.376. The van der Waals surface area contributed by atoms with Gasteiger partial charge < -0.3 is 4.74 Å². The van der Waals surface area contributed by atoms with Gasteiger partial charge in [-0.2, -0.15) is 5.10 Å². The fourth-order valence-electron chi connectivity index (χ4n) is 1.81. The molecule has 0 radical (unpaired) electrons. The molecule has 96 valence electrons. The summed E-state index contributed by atoms with van der Waals surface area (Å²) in [4.78, 5) is 8.38. The minimum Gasteiger partial charge on any atom is -0.481 e. The van der Waals surface area contributed by atoms with E-state index >= 15 is 0 Å². The van der Waals surface area contributed by atoms with E-state index in [0.717, 1.165) is 0 Å². The van der Waals surface area contributed by atoms with Crippen LogP contribution in [0.1, 0.15) is 0 Å². The summed E-state index contributed by atoms with van der Waals surface area (Å²) in [6.07, 6.45) is 3.20. The Hall–Kier alpha value is -1.85. The van der Waals surface area contributed by atoms with Crippen LogP contribution in [0.5, 0.6) is 5.88 Å². The van der Waals surface area contributed by atoms with E-state index in [-0.39, 0.29) is 0 Å². The maximum Gasteiger partial charge on any atom is 0.222 e. The second-order valence-corrected chi connectivity index (χ2v) is 4.60. The van der Waals surface area contributed by atoms with E-state index in [1.54, 1.807) is 36.0 Å². The molecule has 0 amide bonds. The lowest BCUT2D eigenvalue weighted by Gasteiger charge is -2.07. The van der Waals surface area contributed by atoms with Crippen molar-refractivity contribution in [2.45, 2.75) is 0 Å². The van der Waals surface area contributed by atoms with Gasteiger partial charge in [-0.15, -0.1) is 0 Å². The van der Waals surface area contributed by atoms with E-state index in [1.165, 1.54) is 6.20 Å². The first kappa shape index (κ1) is 12.2. The number of hydrogen-bond acceptors (Lipinski definition) is 4. The number of fused-ring (bicyclic) bond motifs is 1. The van der Waals surface area contributed by atoms with Gasteiger partial charge in [-0.25, -0.2) is 14.5 Å². The predicted octanol–water partition coefficient (Wildman–Crippen LogP) is 3.11. The monoisotopic (exact) mass is 294 g/mol. The topological polar surface area (TPSA) is 52.3 Å². The summed E-state index contributed by atoms with van der Waals surface area (Å²) in [5, 5.41) is 5.09. The zero-order chi connectivity index (χ0) is 13.4. The van der Waals surface area contributed by atoms with Crippen LogP contribution < -0.4 is 4.74 Å². The quantitative estimate of drug-likeness (QED) is 0.729. The molecule has 3 aromatic rings. The van der Waals surface area contributed by atoms with Crippen molar-refractivity contribution in [3.05, 3.63) is 40.8 Å². The number of hydrogen-bond donors (Lipinski definition) is 0. The number of halogens is 2. The fraction of sp³-hybridized carbons (Fsp3) is 0.0833. The molecule has 0 aliphatic rings. The summed E-state index contributed by atoms with van der Waals surface area (Å²) < 4.78 is 6.85. The first-order valence-electron chi connectivity index (χ1n) is 5.39. The van der Waals surface area contributed by atoms with Crippen LogP contribution in [0.4, 0.5) is 0 Å². The third-order valence-corrected chi connectivity index (χ3v) is 3.03. The van der Waals surface area contributed by atoms with E-state index in [2.05, 4.69) is 15.1 Å². The van der Waals surface area contributed by atoms with Crippen LogP contribution in [0.15, 0.2) is 30.6 Å². The van der Waals surface area contributed by atoms with Crippen LogP contribution in [-0.4, -0.2) is 26.7 Å². The Bertz CT molecular complexity index is 757. The van der Waals surface area contributed by atoms with Gasteiger partial charge >= 0.3 is 0 Å². The van der Waals surface area contributed by atoms with Gasteiger partial charge in [-0.3, -0.25) is 0 Å². The molecule has 0 aliphatic carbocycles. The molecular weight excluding hydrogens is 287 g/mol. The van der Waals surface area contributed by atoms with Crippen molar-refractivity contribution in [2.24, 2.45) is 0 Å². The number of nitrogens with zero attached hydrogens (tertiary/aromatic N) is 4. The largest absolute Gasteiger partial charge is 0.481 e. The molecular formula is C12H8Cl2N4O. The molecule has 0 atom stereocenters. The number of aromatic nitrogens is 4. The Morgan fingerprint density at radius 2 is 2.00 bits per heavy atom. The molecule has 5 nitrogen and oxygen atoms in total. The molecule has 3 aromatic heterocycles. The molecule has 0 aliphatic heterocycles. The highest BCUT2D eigenvalue weighted by Crippen LogP contribution is 2.30. The lowest BCUT2D eigenvalue weighted by molar-refractivity contribution is 0.399. The second kappa shape index (κ2) is 4.68. The number of pyridine rings is 1. The Kier molecular flexibility index (Phi) is 3.00. The summed E-state index contributed by atoms with van der Waals surface area (Å²) >= 11 is 11.9. The lowest BCUT2D eigenvalue weighted by Crippen LogP contribution is -1.97. The third-order valence-electron chi connectivity index (χ3n) is 2.62. The summed E-state index contributed by atoms with van der Waals surface area (Å²) in [5.41, 5.74) is 2.10. The van der Waals surface area contributed by atoms with Crippen LogP contribution >= 0.6 is 23.2 Å². The molecule has 0 fully saturated rings. The number of methoxy groups -OCH3 is 1. The zero-order valence-electron chi connectivity index (χ0n) is 9.84. The van der Waals surface area contributed by atoms with Crippen molar-refractivity contribution in [1.82, 2.24) is 19.6 Å². The molecule has 0 unspecified atom stereocenters. The molecule has 7 heteroatoms. The molecule has 0 spiro atoms. The van der Waals surface area contributed by atoms with E-state index in [1.807, 2.05) is 0 Å². The molecule has 0 N–H and O–H groups in total. The maximum absolute atomic E-state index is 5.98. The molecule has 0 saturated heterocycles. The molecule has 0 aromatic carbocycles. The molecule has 3 rings (SSSR count). The van der Waals surface area contributed by atoms with Crippen LogP contribution in [0.2, 0.25) is 10.2 Å². The van der Waals surface area contributed by atoms with Crippen molar-refractivity contribution in [2.75, 3.05) is 7.11 Å². The van der Waals surface area contributed by atoms with Gasteiger partial charge in [0.1, 0.15) is 5.15 Å². The maximum atomic E-state index is 5.98. The first-order chi connectivity index (χ1) is 9.19. The first-order valence-corrected chi connectivity index (χ1v) is 6.15. The van der Waals surface area contributed by atoms with E-state index in [9.17, 15) is 0 Å². The van der Waals surface area contributed by atoms with E-state index in [0.29, 0.717) is 33.0 Å². The number of rotatable bonds is 2. The highest BCUT2D eigenvalue weighted by atomic mass is 35.5. The van der Waals surface area contributed by atoms with Gasteiger partial charge in [-0.1, -0.05) is 23.2 Å². The smallest absolute Gasteiger partial charge is 0.222 e. The minimum absolute atomic E-state index is 0.376. The molecule has 0 bridgehead atoms. The van der Waals surface area contributed by atoms with E-state index in [4.69, 9.17) is 27.9 Å². The van der Waals surface area contributed by atoms with Crippen molar-refractivity contribution >= 4 is 28.8 Å². The van der Waals surface area contributed by atoms with Gasteiger partial charge in [0, 0.05) is 6.20 Å². The normalized spacial score (nSPS) is 10.9. The van der Waals surface area contributed by atoms with Crippen molar-refractivity contribution < 1.29 is 4.74 Å². The number of ether oxygens (including phenoxy) is 1. The van der Waals surface area contributed by atoms with E-state index < -0.39 is 0 Å².